The van der Waals surface area contributed by atoms with Gasteiger partial charge in [0, 0.05) is 19.2 Å². The summed E-state index contributed by atoms with van der Waals surface area (Å²) in [6.07, 6.45) is 3.73. The zero-order valence-electron chi connectivity index (χ0n) is 6.13. The van der Waals surface area contributed by atoms with E-state index in [0.29, 0.717) is 6.73 Å². The molecule has 11 heavy (non-hydrogen) atoms. The zero-order chi connectivity index (χ0) is 7.40. The number of methoxy groups -OCH3 is 1. The van der Waals surface area contributed by atoms with Gasteiger partial charge in [0.15, 0.2) is 12.4 Å². The van der Waals surface area contributed by atoms with E-state index in [1.54, 1.807) is 7.11 Å². The maximum atomic E-state index is 5.66. The van der Waals surface area contributed by atoms with Gasteiger partial charge in [0.25, 0.3) is 6.73 Å². The average molecular weight is 239 g/mol. The van der Waals surface area contributed by atoms with Gasteiger partial charge in [-0.1, -0.05) is 11.6 Å². The molecule has 1 aromatic rings. The molecule has 0 atom stereocenters. The fourth-order valence-corrected chi connectivity index (χ4v) is 0.787. The number of hydrogen-bond acceptors (Lipinski definition) is 1. The highest BCUT2D eigenvalue weighted by Crippen LogP contribution is 2.01. The number of rotatable bonds is 2. The zero-order valence-corrected chi connectivity index (χ0v) is 8.47. The summed E-state index contributed by atoms with van der Waals surface area (Å²) in [5.74, 6) is 0. The fraction of sp³-hybridized carbons (Fsp3) is 0.286. The third kappa shape index (κ3) is 3.70. The van der Waals surface area contributed by atoms with Crippen LogP contribution in [0.5, 0.6) is 0 Å². The number of aromatic nitrogens is 1. The van der Waals surface area contributed by atoms with E-state index < -0.39 is 0 Å². The molecule has 0 unspecified atom stereocenters. The summed E-state index contributed by atoms with van der Waals surface area (Å²) in [5, 5.41) is 0.743. The van der Waals surface area contributed by atoms with Crippen LogP contribution in [0, 0.1) is 0 Å². The summed E-state index contributed by atoms with van der Waals surface area (Å²) in [5.41, 5.74) is 0. The van der Waals surface area contributed by atoms with Gasteiger partial charge in [-0.05, 0) is 0 Å². The molecular formula is C7H9BrClNO. The molecule has 1 aromatic heterocycles. The molecule has 2 nitrogen and oxygen atoms in total. The van der Waals surface area contributed by atoms with Crippen LogP contribution in [0.1, 0.15) is 0 Å². The monoisotopic (exact) mass is 237 g/mol. The first-order valence-electron chi connectivity index (χ1n) is 2.96. The van der Waals surface area contributed by atoms with Crippen LogP contribution in [0.4, 0.5) is 0 Å². The van der Waals surface area contributed by atoms with Crippen molar-refractivity contribution in [3.05, 3.63) is 29.5 Å². The molecule has 0 spiro atoms. The van der Waals surface area contributed by atoms with Crippen molar-refractivity contribution in [1.29, 1.82) is 0 Å². The Morgan fingerprint density at radius 2 is 2.00 bits per heavy atom. The maximum absolute atomic E-state index is 5.66. The normalized spacial score (nSPS) is 8.91. The van der Waals surface area contributed by atoms with Crippen molar-refractivity contribution in [2.75, 3.05) is 7.11 Å². The molecule has 4 heteroatoms. The van der Waals surface area contributed by atoms with E-state index in [-0.39, 0.29) is 17.0 Å². The van der Waals surface area contributed by atoms with Crippen LogP contribution in [0.2, 0.25) is 5.02 Å². The minimum Gasteiger partial charge on any atom is -1.00 e. The van der Waals surface area contributed by atoms with Gasteiger partial charge in [-0.3, -0.25) is 0 Å². The van der Waals surface area contributed by atoms with Gasteiger partial charge in [0.05, 0.1) is 5.02 Å². The van der Waals surface area contributed by atoms with Crippen molar-refractivity contribution in [1.82, 2.24) is 0 Å². The molecule has 0 aromatic carbocycles. The quantitative estimate of drug-likeness (QED) is 0.556. The van der Waals surface area contributed by atoms with Crippen molar-refractivity contribution < 1.29 is 26.3 Å². The molecule has 0 saturated heterocycles. The van der Waals surface area contributed by atoms with Crippen molar-refractivity contribution in [2.45, 2.75) is 6.73 Å². The predicted octanol–water partition coefficient (Wildman–Crippen LogP) is -1.76. The summed E-state index contributed by atoms with van der Waals surface area (Å²) >= 11 is 5.66. The van der Waals surface area contributed by atoms with Crippen LogP contribution in [-0.2, 0) is 11.5 Å². The molecule has 0 bridgehead atoms. The van der Waals surface area contributed by atoms with E-state index in [4.69, 9.17) is 16.3 Å². The maximum Gasteiger partial charge on any atom is 0.252 e. The third-order valence-corrected chi connectivity index (χ3v) is 1.38. The van der Waals surface area contributed by atoms with E-state index in [1.807, 2.05) is 29.1 Å². The first-order chi connectivity index (χ1) is 4.83. The lowest BCUT2D eigenvalue weighted by atomic mass is 10.5. The Hall–Kier alpha value is -0.120. The lowest BCUT2D eigenvalue weighted by Gasteiger charge is -1.92. The Bertz CT molecular complexity index is 202. The van der Waals surface area contributed by atoms with Crippen LogP contribution < -0.4 is 21.5 Å². The van der Waals surface area contributed by atoms with Gasteiger partial charge in [-0.2, -0.15) is 4.57 Å². The fourth-order valence-electron chi connectivity index (χ4n) is 0.674. The first kappa shape index (κ1) is 10.9. The van der Waals surface area contributed by atoms with Gasteiger partial charge in [-0.25, -0.2) is 0 Å². The molecule has 0 aliphatic heterocycles. The van der Waals surface area contributed by atoms with E-state index >= 15 is 0 Å². The second-order valence-electron chi connectivity index (χ2n) is 1.95. The standard InChI is InChI=1S/C7H9ClNO.BrH/c1-10-6-9-4-2-7(8)3-5-9;/h2-5H,6H2,1H3;1H/q+1;/p-1. The molecule has 0 aliphatic carbocycles. The third-order valence-electron chi connectivity index (χ3n) is 1.13. The van der Waals surface area contributed by atoms with E-state index in [0.717, 1.165) is 5.02 Å². The van der Waals surface area contributed by atoms with Crippen LogP contribution in [0.15, 0.2) is 24.5 Å². The van der Waals surface area contributed by atoms with Gasteiger partial charge >= 0.3 is 0 Å². The summed E-state index contributed by atoms with van der Waals surface area (Å²) in [6.45, 7) is 0.567. The Morgan fingerprint density at radius 1 is 1.45 bits per heavy atom. The largest absolute Gasteiger partial charge is 1.00 e. The smallest absolute Gasteiger partial charge is 0.252 e. The topological polar surface area (TPSA) is 13.1 Å². The van der Waals surface area contributed by atoms with Crippen molar-refractivity contribution >= 4 is 11.6 Å². The van der Waals surface area contributed by atoms with Gasteiger partial charge in [0.2, 0.25) is 0 Å². The molecule has 0 saturated carbocycles. The van der Waals surface area contributed by atoms with Crippen molar-refractivity contribution in [3.8, 4) is 0 Å². The number of nitrogens with zero attached hydrogens (tertiary/aromatic N) is 1. The highest BCUT2D eigenvalue weighted by molar-refractivity contribution is 6.30. The van der Waals surface area contributed by atoms with Gasteiger partial charge in [0.1, 0.15) is 0 Å². The van der Waals surface area contributed by atoms with E-state index in [1.165, 1.54) is 0 Å². The molecule has 0 amide bonds. The Labute approximate surface area is 81.5 Å². The van der Waals surface area contributed by atoms with Gasteiger partial charge < -0.3 is 21.7 Å². The highest BCUT2D eigenvalue weighted by atomic mass is 79.9. The molecule has 0 aliphatic rings. The Morgan fingerprint density at radius 3 is 2.45 bits per heavy atom. The number of halogens is 2. The minimum atomic E-state index is 0. The summed E-state index contributed by atoms with van der Waals surface area (Å²) in [4.78, 5) is 0. The second kappa shape index (κ2) is 5.52. The number of ether oxygens (including phenoxy) is 1. The minimum absolute atomic E-state index is 0. The van der Waals surface area contributed by atoms with Crippen LogP contribution >= 0.6 is 11.6 Å². The first-order valence-corrected chi connectivity index (χ1v) is 3.34. The molecule has 0 N–H and O–H groups in total. The number of pyridine rings is 1. The van der Waals surface area contributed by atoms with E-state index in [9.17, 15) is 0 Å². The van der Waals surface area contributed by atoms with Crippen LogP contribution in [-0.4, -0.2) is 7.11 Å². The Balaban J connectivity index is 0.000001000. The second-order valence-corrected chi connectivity index (χ2v) is 2.38. The summed E-state index contributed by atoms with van der Waals surface area (Å²) in [7, 11) is 1.65. The lowest BCUT2D eigenvalue weighted by molar-refractivity contribution is -0.731. The average Bonchev–Trinajstić information content (AvgIpc) is 1.95. The Kier molecular flexibility index (Phi) is 5.46. The molecular weight excluding hydrogens is 229 g/mol. The molecule has 62 valence electrons. The highest BCUT2D eigenvalue weighted by Gasteiger charge is 1.95. The molecule has 0 fully saturated rings. The van der Waals surface area contributed by atoms with Crippen molar-refractivity contribution in [3.63, 3.8) is 0 Å². The SMILES string of the molecule is COC[n+]1ccc(Cl)cc1.[Br-]. The predicted molar refractivity (Wildman–Crippen MR) is 38.7 cm³/mol. The van der Waals surface area contributed by atoms with Crippen LogP contribution in [0.25, 0.3) is 0 Å². The molecule has 1 rings (SSSR count). The van der Waals surface area contributed by atoms with E-state index in [2.05, 4.69) is 0 Å². The summed E-state index contributed by atoms with van der Waals surface area (Å²) in [6, 6.07) is 3.64. The van der Waals surface area contributed by atoms with Crippen molar-refractivity contribution in [2.24, 2.45) is 0 Å². The summed E-state index contributed by atoms with van der Waals surface area (Å²) < 4.78 is 6.78. The van der Waals surface area contributed by atoms with Gasteiger partial charge in [-0.15, -0.1) is 0 Å². The van der Waals surface area contributed by atoms with Crippen LogP contribution in [0.3, 0.4) is 0 Å². The molecule has 1 heterocycles. The lowest BCUT2D eigenvalue weighted by Crippen LogP contribution is -3.00. The molecule has 0 radical (unpaired) electrons. The number of hydrogen-bond donors (Lipinski definition) is 0.